The third-order valence-corrected chi connectivity index (χ3v) is 3.91. The molecule has 0 aromatic carbocycles. The minimum absolute atomic E-state index is 0.202. The van der Waals surface area contributed by atoms with Gasteiger partial charge >= 0.3 is 5.97 Å². The van der Waals surface area contributed by atoms with Crippen molar-refractivity contribution in [3.05, 3.63) is 18.6 Å². The van der Waals surface area contributed by atoms with Crippen molar-refractivity contribution < 1.29 is 9.53 Å². The molecule has 21 heavy (non-hydrogen) atoms. The summed E-state index contributed by atoms with van der Waals surface area (Å²) in [5.41, 5.74) is -0.696. The first kappa shape index (κ1) is 17.9. The topological polar surface area (TPSA) is 64.1 Å². The molecule has 0 saturated heterocycles. The van der Waals surface area contributed by atoms with E-state index in [1.807, 2.05) is 27.7 Å². The molecule has 0 bridgehead atoms. The van der Waals surface area contributed by atoms with Crippen LogP contribution in [-0.2, 0) is 9.53 Å². The van der Waals surface area contributed by atoms with E-state index < -0.39 is 5.54 Å². The van der Waals surface area contributed by atoms with E-state index in [-0.39, 0.29) is 17.3 Å². The number of hydrogen-bond acceptors (Lipinski definition) is 6. The van der Waals surface area contributed by atoms with Crippen molar-refractivity contribution >= 4 is 17.7 Å². The van der Waals surface area contributed by atoms with Crippen LogP contribution in [0.1, 0.15) is 41.0 Å². The predicted molar refractivity (Wildman–Crippen MR) is 85.3 cm³/mol. The summed E-state index contributed by atoms with van der Waals surface area (Å²) in [5.74, 6) is -0.203. The molecule has 0 aliphatic rings. The number of aromatic nitrogens is 2. The van der Waals surface area contributed by atoms with Gasteiger partial charge in [0.15, 0.2) is 0 Å². The van der Waals surface area contributed by atoms with Gasteiger partial charge in [0.2, 0.25) is 0 Å². The lowest BCUT2D eigenvalue weighted by Crippen LogP contribution is -2.54. The summed E-state index contributed by atoms with van der Waals surface area (Å²) < 4.78 is 5.22. The van der Waals surface area contributed by atoms with Crippen LogP contribution in [0.15, 0.2) is 23.6 Å². The van der Waals surface area contributed by atoms with E-state index in [1.165, 1.54) is 0 Å². The maximum atomic E-state index is 12.3. The van der Waals surface area contributed by atoms with Crippen LogP contribution in [0.2, 0.25) is 0 Å². The summed E-state index contributed by atoms with van der Waals surface area (Å²) in [7, 11) is 0. The van der Waals surface area contributed by atoms with Gasteiger partial charge in [-0.3, -0.25) is 15.1 Å². The van der Waals surface area contributed by atoms with Gasteiger partial charge in [-0.15, -0.1) is 11.8 Å². The van der Waals surface area contributed by atoms with Gasteiger partial charge in [-0.25, -0.2) is 4.98 Å². The molecule has 1 rings (SSSR count). The van der Waals surface area contributed by atoms with E-state index >= 15 is 0 Å². The highest BCUT2D eigenvalue weighted by Crippen LogP contribution is 2.28. The number of thioether (sulfide) groups is 1. The Kier molecular flexibility index (Phi) is 7.11. The number of nitrogens with one attached hydrogen (secondary N) is 1. The molecule has 0 spiro atoms. The summed E-state index contributed by atoms with van der Waals surface area (Å²) >= 11 is 1.61. The lowest BCUT2D eigenvalue weighted by molar-refractivity contribution is -0.151. The highest BCUT2D eigenvalue weighted by Gasteiger charge is 2.36. The monoisotopic (exact) mass is 311 g/mol. The SMILES string of the molecule is CCOC(=O)C(C)(CC(C)Sc1cnccn1)NC(C)C. The van der Waals surface area contributed by atoms with Gasteiger partial charge in [0.25, 0.3) is 0 Å². The van der Waals surface area contributed by atoms with Crippen molar-refractivity contribution in [2.75, 3.05) is 6.61 Å². The Hall–Kier alpha value is -1.14. The zero-order chi connectivity index (χ0) is 15.9. The van der Waals surface area contributed by atoms with Gasteiger partial charge in [0.05, 0.1) is 12.8 Å². The molecule has 0 fully saturated rings. The van der Waals surface area contributed by atoms with Gasteiger partial charge in [-0.1, -0.05) is 6.92 Å². The van der Waals surface area contributed by atoms with Gasteiger partial charge < -0.3 is 4.74 Å². The Bertz CT molecular complexity index is 442. The number of nitrogens with zero attached hydrogens (tertiary/aromatic N) is 2. The molecule has 2 atom stereocenters. The number of carbonyl (C=O) groups is 1. The molecular weight excluding hydrogens is 286 g/mol. The first-order valence-corrected chi connectivity index (χ1v) is 8.13. The normalized spacial score (nSPS) is 15.5. The summed E-state index contributed by atoms with van der Waals surface area (Å²) in [5, 5.41) is 4.41. The molecule has 0 radical (unpaired) electrons. The Morgan fingerprint density at radius 3 is 2.67 bits per heavy atom. The van der Waals surface area contributed by atoms with Crippen LogP contribution >= 0.6 is 11.8 Å². The Morgan fingerprint density at radius 1 is 1.43 bits per heavy atom. The van der Waals surface area contributed by atoms with Crippen LogP contribution in [0, 0.1) is 0 Å². The lowest BCUT2D eigenvalue weighted by atomic mass is 9.95. The van der Waals surface area contributed by atoms with E-state index in [1.54, 1.807) is 30.4 Å². The van der Waals surface area contributed by atoms with Crippen LogP contribution < -0.4 is 5.32 Å². The number of carbonyl (C=O) groups excluding carboxylic acids is 1. The van der Waals surface area contributed by atoms with Crippen LogP contribution in [0.5, 0.6) is 0 Å². The summed E-state index contributed by atoms with van der Waals surface area (Å²) in [6.07, 6.45) is 5.72. The van der Waals surface area contributed by atoms with Crippen molar-refractivity contribution in [2.45, 2.75) is 62.9 Å². The molecule has 1 aromatic rings. The highest BCUT2D eigenvalue weighted by atomic mass is 32.2. The van der Waals surface area contributed by atoms with E-state index in [9.17, 15) is 4.79 Å². The fraction of sp³-hybridized carbons (Fsp3) is 0.667. The second kappa shape index (κ2) is 8.34. The molecule has 0 saturated carbocycles. The maximum Gasteiger partial charge on any atom is 0.326 e. The van der Waals surface area contributed by atoms with Crippen LogP contribution in [0.25, 0.3) is 0 Å². The Balaban J connectivity index is 2.73. The smallest absolute Gasteiger partial charge is 0.326 e. The van der Waals surface area contributed by atoms with Crippen molar-refractivity contribution in [1.82, 2.24) is 15.3 Å². The zero-order valence-corrected chi connectivity index (χ0v) is 14.2. The Morgan fingerprint density at radius 2 is 2.14 bits per heavy atom. The maximum absolute atomic E-state index is 12.3. The van der Waals surface area contributed by atoms with E-state index in [0.717, 1.165) is 5.03 Å². The molecule has 1 N–H and O–H groups in total. The van der Waals surface area contributed by atoms with Gasteiger partial charge in [0.1, 0.15) is 10.6 Å². The average molecular weight is 311 g/mol. The molecule has 5 nitrogen and oxygen atoms in total. The minimum Gasteiger partial charge on any atom is -0.465 e. The quantitative estimate of drug-likeness (QED) is 0.588. The minimum atomic E-state index is -0.696. The standard InChI is InChI=1S/C15H25N3O2S/c1-6-20-14(19)15(5,18-11(2)3)9-12(4)21-13-10-16-7-8-17-13/h7-8,10-12,18H,6,9H2,1-5H3. The van der Waals surface area contributed by atoms with Crippen LogP contribution in [-0.4, -0.2) is 39.4 Å². The fourth-order valence-corrected chi connectivity index (χ4v) is 3.37. The van der Waals surface area contributed by atoms with Crippen molar-refractivity contribution in [3.63, 3.8) is 0 Å². The number of rotatable bonds is 8. The molecule has 0 aliphatic carbocycles. The molecule has 6 heteroatoms. The number of esters is 1. The van der Waals surface area contributed by atoms with E-state index in [2.05, 4.69) is 22.2 Å². The van der Waals surface area contributed by atoms with Gasteiger partial charge in [-0.05, 0) is 34.1 Å². The molecule has 118 valence electrons. The molecule has 2 unspecified atom stereocenters. The second-order valence-electron chi connectivity index (χ2n) is 5.53. The van der Waals surface area contributed by atoms with Crippen LogP contribution in [0.4, 0.5) is 0 Å². The zero-order valence-electron chi connectivity index (χ0n) is 13.4. The third kappa shape index (κ3) is 6.01. The number of ether oxygens (including phenoxy) is 1. The third-order valence-electron chi connectivity index (χ3n) is 2.89. The summed E-state index contributed by atoms with van der Waals surface area (Å²) in [4.78, 5) is 20.6. The van der Waals surface area contributed by atoms with Crippen molar-refractivity contribution in [1.29, 1.82) is 0 Å². The first-order valence-electron chi connectivity index (χ1n) is 7.25. The predicted octanol–water partition coefficient (Wildman–Crippen LogP) is 2.67. The van der Waals surface area contributed by atoms with Crippen molar-refractivity contribution in [3.8, 4) is 0 Å². The second-order valence-corrected chi connectivity index (χ2v) is 6.99. The van der Waals surface area contributed by atoms with Gasteiger partial charge in [0, 0.05) is 23.7 Å². The highest BCUT2D eigenvalue weighted by molar-refractivity contribution is 7.99. The van der Waals surface area contributed by atoms with Crippen molar-refractivity contribution in [2.24, 2.45) is 0 Å². The molecule has 0 amide bonds. The average Bonchev–Trinajstić information content (AvgIpc) is 2.38. The van der Waals surface area contributed by atoms with Crippen LogP contribution in [0.3, 0.4) is 0 Å². The van der Waals surface area contributed by atoms with E-state index in [0.29, 0.717) is 13.0 Å². The molecule has 1 aromatic heterocycles. The summed E-state index contributed by atoms with van der Waals surface area (Å²) in [6, 6.07) is 0.202. The fourth-order valence-electron chi connectivity index (χ4n) is 2.30. The molecule has 0 aliphatic heterocycles. The molecule has 1 heterocycles. The van der Waals surface area contributed by atoms with Gasteiger partial charge in [-0.2, -0.15) is 0 Å². The number of hydrogen-bond donors (Lipinski definition) is 1. The largest absolute Gasteiger partial charge is 0.465 e. The first-order chi connectivity index (χ1) is 9.87. The Labute approximate surface area is 131 Å². The summed E-state index contributed by atoms with van der Waals surface area (Å²) in [6.45, 7) is 10.2. The molecular formula is C15H25N3O2S. The lowest BCUT2D eigenvalue weighted by Gasteiger charge is -2.32. The van der Waals surface area contributed by atoms with E-state index in [4.69, 9.17) is 4.74 Å².